The number of carboxylic acid groups (broad SMARTS) is 3. The smallest absolute Gasteiger partial charge is 0.327 e. The van der Waals surface area contributed by atoms with Crippen molar-refractivity contribution < 1.29 is 63.2 Å². The Bertz CT molecular complexity index is 1660. The van der Waals surface area contributed by atoms with E-state index in [1.807, 2.05) is 30.3 Å². The van der Waals surface area contributed by atoms with Crippen LogP contribution < -0.4 is 26.6 Å². The Morgan fingerprint density at radius 3 is 2.00 bits per heavy atom. The van der Waals surface area contributed by atoms with Crippen molar-refractivity contribution in [3.05, 3.63) is 35.9 Å². The van der Waals surface area contributed by atoms with Gasteiger partial charge in [-0.15, -0.1) is 0 Å². The molecule has 2 aliphatic rings. The highest BCUT2D eigenvalue weighted by Gasteiger charge is 2.45. The van der Waals surface area contributed by atoms with Crippen molar-refractivity contribution in [3.63, 3.8) is 0 Å². The zero-order valence-corrected chi connectivity index (χ0v) is 34.3. The van der Waals surface area contributed by atoms with E-state index in [1.165, 1.54) is 4.90 Å². The van der Waals surface area contributed by atoms with E-state index in [2.05, 4.69) is 39.2 Å². The van der Waals surface area contributed by atoms with Gasteiger partial charge in [0.2, 0.25) is 35.4 Å². The van der Waals surface area contributed by atoms with Gasteiger partial charge in [0.15, 0.2) is 0 Å². The lowest BCUT2D eigenvalue weighted by molar-refractivity contribution is -0.145. The number of thiol groups is 1. The average molecular weight is 849 g/mol. The molecule has 19 nitrogen and oxygen atoms in total. The first kappa shape index (κ1) is 48.1. The number of hydrogen-bond acceptors (Lipinski definition) is 11. The first-order chi connectivity index (χ1) is 27.9. The topological polar surface area (TPSA) is 287 Å². The maximum absolute atomic E-state index is 14.4. The number of amides is 6. The molecule has 2 fully saturated rings. The standard InChI is InChI=1S/C39H56N6O13S/c1-21(2)32(38(55)45-18-25(58-19-23-10-6-4-7-11-23)16-29(45)36(53)42-28(20-59)39(56)57)43-37(54)33(24-12-8-5-9-13-24)44-34(51)26(14-15-30(47)48)41-35(52)27(17-31(49)50)40-22(3)46/h4,6-7,10-11,21,24-29,32-33,59H,5,8-9,12-20H2,1-3H3,(H,40,46)(H,41,52)(H,42,53)(H,43,54)(H,44,51)(H,47,48)(H,49,50)(H,56,57)/t25-,26+,27+,28?,29+,32+,33+/m1/s1. The Hall–Kier alpha value is -5.24. The van der Waals surface area contributed by atoms with Crippen molar-refractivity contribution in [3.8, 4) is 0 Å². The van der Waals surface area contributed by atoms with Crippen molar-refractivity contribution >= 4 is 66.0 Å². The van der Waals surface area contributed by atoms with Crippen LogP contribution in [-0.2, 0) is 54.5 Å². The molecule has 1 aromatic carbocycles. The highest BCUT2D eigenvalue weighted by atomic mass is 32.1. The second kappa shape index (κ2) is 23.4. The summed E-state index contributed by atoms with van der Waals surface area (Å²) in [6.07, 6.45) is 0.883. The first-order valence-electron chi connectivity index (χ1n) is 19.6. The molecule has 1 saturated carbocycles. The molecule has 3 rings (SSSR count). The van der Waals surface area contributed by atoms with Crippen LogP contribution in [0.5, 0.6) is 0 Å². The number of aliphatic carboxylic acids is 3. The van der Waals surface area contributed by atoms with E-state index < -0.39 is 127 Å². The lowest BCUT2D eigenvalue weighted by Gasteiger charge is -2.34. The average Bonchev–Trinajstić information content (AvgIpc) is 3.62. The lowest BCUT2D eigenvalue weighted by atomic mass is 9.83. The van der Waals surface area contributed by atoms with Gasteiger partial charge < -0.3 is 51.5 Å². The van der Waals surface area contributed by atoms with Gasteiger partial charge in [-0.3, -0.25) is 38.4 Å². The summed E-state index contributed by atoms with van der Waals surface area (Å²) in [4.78, 5) is 117. The van der Waals surface area contributed by atoms with Gasteiger partial charge in [0, 0.05) is 32.1 Å². The summed E-state index contributed by atoms with van der Waals surface area (Å²) in [6, 6.07) is 1.04. The van der Waals surface area contributed by atoms with Crippen LogP contribution in [0.15, 0.2) is 30.3 Å². The maximum atomic E-state index is 14.4. The van der Waals surface area contributed by atoms with Gasteiger partial charge in [-0.25, -0.2) is 4.79 Å². The van der Waals surface area contributed by atoms with Gasteiger partial charge in [-0.2, -0.15) is 12.6 Å². The molecule has 0 aromatic heterocycles. The second-order valence-corrected chi connectivity index (χ2v) is 15.6. The molecule has 1 heterocycles. The fraction of sp³-hybridized carbons (Fsp3) is 0.615. The van der Waals surface area contributed by atoms with E-state index in [4.69, 9.17) is 4.74 Å². The first-order valence-corrected chi connectivity index (χ1v) is 20.3. The Balaban J connectivity index is 1.90. The molecule has 0 bridgehead atoms. The predicted octanol–water partition coefficient (Wildman–Crippen LogP) is 0.207. The number of carboxylic acids is 3. The zero-order chi connectivity index (χ0) is 43.8. The minimum Gasteiger partial charge on any atom is -0.481 e. The summed E-state index contributed by atoms with van der Waals surface area (Å²) in [7, 11) is 0. The number of hydrogen-bond donors (Lipinski definition) is 9. The fourth-order valence-corrected chi connectivity index (χ4v) is 7.39. The van der Waals surface area contributed by atoms with E-state index in [0.29, 0.717) is 12.8 Å². The SMILES string of the molecule is CC(=O)N[C@@H](CC(=O)O)C(=O)N[C@@H](CCC(=O)O)C(=O)N[C@H](C(=O)N[C@H](C(=O)N1C[C@H](OCc2ccccc2)C[C@H]1C(=O)NC(CS)C(=O)O)C(C)C)C1CCCCC1. The van der Waals surface area contributed by atoms with Gasteiger partial charge in [-0.1, -0.05) is 63.4 Å². The predicted molar refractivity (Wildman–Crippen MR) is 212 cm³/mol. The molecule has 8 N–H and O–H groups in total. The van der Waals surface area contributed by atoms with Gasteiger partial charge in [0.25, 0.3) is 0 Å². The van der Waals surface area contributed by atoms with Crippen molar-refractivity contribution in [1.29, 1.82) is 0 Å². The van der Waals surface area contributed by atoms with Crippen LogP contribution in [0.1, 0.15) is 84.1 Å². The molecule has 7 atom stereocenters. The Morgan fingerprint density at radius 2 is 1.44 bits per heavy atom. The molecular formula is C39H56N6O13S. The molecule has 0 spiro atoms. The summed E-state index contributed by atoms with van der Waals surface area (Å²) in [5, 5.41) is 40.6. The summed E-state index contributed by atoms with van der Waals surface area (Å²) >= 11 is 4.03. The fourth-order valence-electron chi connectivity index (χ4n) is 7.14. The lowest BCUT2D eigenvalue weighted by Crippen LogP contribution is -2.61. The van der Waals surface area contributed by atoms with Gasteiger partial charge in [0.1, 0.15) is 36.3 Å². The summed E-state index contributed by atoms with van der Waals surface area (Å²) in [6.45, 7) is 4.52. The molecule has 1 saturated heterocycles. The van der Waals surface area contributed by atoms with E-state index in [9.17, 15) is 58.5 Å². The Labute approximate surface area is 347 Å². The van der Waals surface area contributed by atoms with Crippen LogP contribution in [0.4, 0.5) is 0 Å². The van der Waals surface area contributed by atoms with Crippen LogP contribution in [0, 0.1) is 11.8 Å². The molecular weight excluding hydrogens is 793 g/mol. The van der Waals surface area contributed by atoms with E-state index in [1.54, 1.807) is 13.8 Å². The molecule has 20 heteroatoms. The van der Waals surface area contributed by atoms with Crippen LogP contribution in [0.25, 0.3) is 0 Å². The zero-order valence-electron chi connectivity index (χ0n) is 33.4. The quantitative estimate of drug-likeness (QED) is 0.0707. The van der Waals surface area contributed by atoms with Crippen LogP contribution in [0.3, 0.4) is 0 Å². The number of carbonyl (C=O) groups is 9. The third kappa shape index (κ3) is 15.1. The summed E-state index contributed by atoms with van der Waals surface area (Å²) in [5.41, 5.74) is 0.847. The van der Waals surface area contributed by atoms with E-state index >= 15 is 0 Å². The highest BCUT2D eigenvalue weighted by molar-refractivity contribution is 7.80. The van der Waals surface area contributed by atoms with Gasteiger partial charge >= 0.3 is 17.9 Å². The molecule has 1 aliphatic heterocycles. The third-order valence-corrected chi connectivity index (χ3v) is 10.6. The Morgan fingerprint density at radius 1 is 0.797 bits per heavy atom. The van der Waals surface area contributed by atoms with Crippen molar-refractivity contribution in [2.75, 3.05) is 12.3 Å². The number of rotatable bonds is 22. The van der Waals surface area contributed by atoms with E-state index in [-0.39, 0.29) is 25.3 Å². The highest BCUT2D eigenvalue weighted by Crippen LogP contribution is 2.28. The third-order valence-electron chi connectivity index (χ3n) is 10.3. The number of likely N-dealkylation sites (tertiary alicyclic amines) is 1. The van der Waals surface area contributed by atoms with Crippen LogP contribution >= 0.6 is 12.6 Å². The second-order valence-electron chi connectivity index (χ2n) is 15.2. The van der Waals surface area contributed by atoms with Crippen LogP contribution in [0.2, 0.25) is 0 Å². The van der Waals surface area contributed by atoms with Gasteiger partial charge in [0.05, 0.1) is 19.1 Å². The van der Waals surface area contributed by atoms with Crippen molar-refractivity contribution in [2.24, 2.45) is 11.8 Å². The molecule has 59 heavy (non-hydrogen) atoms. The number of carbonyl (C=O) groups excluding carboxylic acids is 6. The van der Waals surface area contributed by atoms with Gasteiger partial charge in [-0.05, 0) is 36.7 Å². The van der Waals surface area contributed by atoms with Crippen molar-refractivity contribution in [1.82, 2.24) is 31.5 Å². The normalized spacial score (nSPS) is 19.3. The minimum atomic E-state index is -1.59. The molecule has 1 unspecified atom stereocenters. The minimum absolute atomic E-state index is 0.0293. The molecule has 1 aliphatic carbocycles. The van der Waals surface area contributed by atoms with Crippen molar-refractivity contribution in [2.45, 2.75) is 128 Å². The van der Waals surface area contributed by atoms with Crippen LogP contribution in [-0.4, -0.2) is 128 Å². The number of ether oxygens (including phenoxy) is 1. The number of nitrogens with zero attached hydrogens (tertiary/aromatic N) is 1. The summed E-state index contributed by atoms with van der Waals surface area (Å²) in [5.74, 6) is -10.1. The largest absolute Gasteiger partial charge is 0.481 e. The molecule has 0 radical (unpaired) electrons. The molecule has 326 valence electrons. The monoisotopic (exact) mass is 848 g/mol. The maximum Gasteiger partial charge on any atom is 0.327 e. The van der Waals surface area contributed by atoms with E-state index in [0.717, 1.165) is 31.7 Å². The molecule has 6 amide bonds. The number of nitrogens with one attached hydrogen (secondary N) is 5. The number of benzene rings is 1. The summed E-state index contributed by atoms with van der Waals surface area (Å²) < 4.78 is 6.09. The molecule has 1 aromatic rings. The Kier molecular flexibility index (Phi) is 19.1.